The number of cyclic esters (lactones) is 1. The number of nitrogens with zero attached hydrogens (tertiary/aromatic N) is 5. The molecule has 2 aromatic carbocycles. The highest BCUT2D eigenvalue weighted by atomic mass is 16.5. The van der Waals surface area contributed by atoms with Crippen molar-refractivity contribution in [1.29, 1.82) is 0 Å². The molecule has 1 unspecified atom stereocenters. The first kappa shape index (κ1) is 49.6. The van der Waals surface area contributed by atoms with Gasteiger partial charge < -0.3 is 29.2 Å². The van der Waals surface area contributed by atoms with Crippen LogP contribution in [0, 0.1) is 35.0 Å². The van der Waals surface area contributed by atoms with Gasteiger partial charge in [0.05, 0.1) is 42.5 Å². The van der Waals surface area contributed by atoms with Crippen molar-refractivity contribution in [1.82, 2.24) is 35.1 Å². The Balaban J connectivity index is 1.31. The number of likely N-dealkylation sites (N-methyl/N-ethyl adjacent to an activating group) is 1. The predicted octanol–water partition coefficient (Wildman–Crippen LogP) is 6.51. The molecule has 0 aliphatic carbocycles. The quantitative estimate of drug-likeness (QED) is 0.103. The summed E-state index contributed by atoms with van der Waals surface area (Å²) in [6, 6.07) is 16.6. The van der Waals surface area contributed by atoms with Gasteiger partial charge in [0.25, 0.3) is 5.91 Å². The highest BCUT2D eigenvalue weighted by Crippen LogP contribution is 2.42. The van der Waals surface area contributed by atoms with Crippen molar-refractivity contribution >= 4 is 40.5 Å². The molecule has 2 aromatic heterocycles. The van der Waals surface area contributed by atoms with Crippen LogP contribution in [0.1, 0.15) is 83.7 Å². The Bertz CT molecular complexity index is 2620. The van der Waals surface area contributed by atoms with E-state index in [1.807, 2.05) is 52.0 Å². The number of carbonyl (C=O) groups excluding carboxylic acids is 5. The molecule has 0 spiro atoms. The molecular weight excluding hydrogens is 859 g/mol. The second-order valence-electron chi connectivity index (χ2n) is 19.6. The van der Waals surface area contributed by atoms with Gasteiger partial charge in [0.2, 0.25) is 17.7 Å². The topological polar surface area (TPSA) is 155 Å². The molecule has 0 saturated carbocycles. The first-order chi connectivity index (χ1) is 32.5. The number of aromatic nitrogens is 2. The summed E-state index contributed by atoms with van der Waals surface area (Å²) in [6.07, 6.45) is 4.99. The Hall–Kier alpha value is -6.30. The molecule has 3 aliphatic heterocycles. The molecule has 68 heavy (non-hydrogen) atoms. The van der Waals surface area contributed by atoms with Crippen LogP contribution in [0.3, 0.4) is 0 Å². The third-order valence-electron chi connectivity index (χ3n) is 13.7. The summed E-state index contributed by atoms with van der Waals surface area (Å²) >= 11 is 0. The van der Waals surface area contributed by atoms with Crippen molar-refractivity contribution in [2.24, 2.45) is 23.2 Å². The average molecular weight is 926 g/mol. The Morgan fingerprint density at radius 1 is 1.07 bits per heavy atom. The standard InChI is InChI=1S/C54H67N7O7/c1-10-12-24-60-45-21-20-38-29-42(45)43(49(60)41-19-14-23-55-47(41)35(5)67-9)30-54(6,7)33-68-53(66)39-18-15-25-61(56-31-39)52(65)44(28-36-16-13-17-37(38)27-36)57-50(63)48(34(3)4)58(8)51(64)40-22-26-59(32-40)46(62)11-2/h11,13-14,16-17,19-21,23,27,29,34-35,39-40,44,48,56H,2,15,18,22,24-26,28,30-33H2,1,3-9H3,(H,57,63)/t35-,39+,40-,44-,48?/m0/s1. The van der Waals surface area contributed by atoms with Gasteiger partial charge in [-0.25, -0.2) is 5.43 Å². The van der Waals surface area contributed by atoms with Gasteiger partial charge >= 0.3 is 5.97 Å². The van der Waals surface area contributed by atoms with Gasteiger partial charge in [-0.2, -0.15) is 0 Å². The van der Waals surface area contributed by atoms with Gasteiger partial charge in [0, 0.05) is 74.8 Å². The monoisotopic (exact) mass is 926 g/mol. The molecular formula is C54H67N7O7. The van der Waals surface area contributed by atoms with E-state index >= 15 is 0 Å². The first-order valence-corrected chi connectivity index (χ1v) is 23.9. The lowest BCUT2D eigenvalue weighted by molar-refractivity contribution is -0.152. The number of nitrogens with one attached hydrogen (secondary N) is 2. The van der Waals surface area contributed by atoms with Crippen molar-refractivity contribution < 1.29 is 33.4 Å². The molecule has 2 N–H and O–H groups in total. The summed E-state index contributed by atoms with van der Waals surface area (Å²) in [4.78, 5) is 77.4. The summed E-state index contributed by atoms with van der Waals surface area (Å²) in [5.41, 5.74) is 10.2. The maximum absolute atomic E-state index is 14.8. The number of carbonyl (C=O) groups is 5. The molecule has 4 amide bonds. The van der Waals surface area contributed by atoms with Crippen molar-refractivity contribution in [2.75, 3.05) is 46.9 Å². The highest BCUT2D eigenvalue weighted by molar-refractivity contribution is 5.96. The van der Waals surface area contributed by atoms with E-state index in [1.165, 1.54) is 16.0 Å². The molecule has 0 radical (unpaired) electrons. The number of fused-ring (bicyclic) bond motifs is 7. The van der Waals surface area contributed by atoms with Gasteiger partial charge in [-0.05, 0) is 98.0 Å². The molecule has 14 heteroatoms. The van der Waals surface area contributed by atoms with Crippen LogP contribution in [0.5, 0.6) is 0 Å². The molecule has 5 atom stereocenters. The Morgan fingerprint density at radius 3 is 2.59 bits per heavy atom. The largest absolute Gasteiger partial charge is 0.465 e. The number of likely N-dealkylation sites (tertiary alicyclic amines) is 1. The number of amides is 4. The summed E-state index contributed by atoms with van der Waals surface area (Å²) in [5, 5.41) is 5.63. The van der Waals surface area contributed by atoms with Gasteiger partial charge in [0.15, 0.2) is 0 Å². The number of rotatable bonds is 10. The van der Waals surface area contributed by atoms with E-state index in [-0.39, 0.29) is 61.8 Å². The molecule has 5 heterocycles. The van der Waals surface area contributed by atoms with Crippen molar-refractivity contribution in [3.63, 3.8) is 0 Å². The van der Waals surface area contributed by atoms with Gasteiger partial charge in [-0.1, -0.05) is 70.5 Å². The number of hydrazine groups is 1. The lowest BCUT2D eigenvalue weighted by Gasteiger charge is -2.34. The minimum atomic E-state index is -1.03. The van der Waals surface area contributed by atoms with Crippen LogP contribution in [-0.4, -0.2) is 113 Å². The normalized spacial score (nSPS) is 20.6. The molecule has 2 saturated heterocycles. The van der Waals surface area contributed by atoms with Crippen molar-refractivity contribution in [3.05, 3.63) is 90.3 Å². The lowest BCUT2D eigenvalue weighted by Crippen LogP contribution is -2.59. The fraction of sp³-hybridized carbons (Fsp3) is 0.481. The van der Waals surface area contributed by atoms with Crippen LogP contribution >= 0.6 is 0 Å². The smallest absolute Gasteiger partial charge is 0.310 e. The van der Waals surface area contributed by atoms with Crippen molar-refractivity contribution in [2.45, 2.75) is 98.4 Å². The van der Waals surface area contributed by atoms with E-state index < -0.39 is 35.2 Å². The highest BCUT2D eigenvalue weighted by Gasteiger charge is 2.40. The zero-order chi connectivity index (χ0) is 48.9. The van der Waals surface area contributed by atoms with Crippen LogP contribution in [-0.2, 0) is 52.8 Å². The van der Waals surface area contributed by atoms with E-state index in [0.717, 1.165) is 50.1 Å². The summed E-state index contributed by atoms with van der Waals surface area (Å²) in [7, 11) is 3.30. The van der Waals surface area contributed by atoms with Gasteiger partial charge in [-0.15, -0.1) is 5.92 Å². The van der Waals surface area contributed by atoms with Crippen LogP contribution in [0.15, 0.2) is 73.4 Å². The Morgan fingerprint density at radius 2 is 1.85 bits per heavy atom. The van der Waals surface area contributed by atoms with E-state index in [0.29, 0.717) is 45.3 Å². The fourth-order valence-electron chi connectivity index (χ4n) is 10.1. The molecule has 4 aromatic rings. The molecule has 360 valence electrons. The number of pyridine rings is 1. The zero-order valence-electron chi connectivity index (χ0n) is 40.9. The summed E-state index contributed by atoms with van der Waals surface area (Å²) < 4.78 is 14.3. The van der Waals surface area contributed by atoms with E-state index in [1.54, 1.807) is 25.3 Å². The second-order valence-corrected chi connectivity index (χ2v) is 19.6. The maximum atomic E-state index is 14.8. The lowest BCUT2D eigenvalue weighted by atomic mass is 9.84. The second kappa shape index (κ2) is 21.3. The summed E-state index contributed by atoms with van der Waals surface area (Å²) in [6.45, 7) is 17.2. The third kappa shape index (κ3) is 10.7. The molecule has 6 bridgehead atoms. The number of benzene rings is 2. The minimum absolute atomic E-state index is 0.158. The molecule has 7 rings (SSSR count). The average Bonchev–Trinajstić information content (AvgIpc) is 3.84. The van der Waals surface area contributed by atoms with Crippen LogP contribution in [0.2, 0.25) is 0 Å². The van der Waals surface area contributed by atoms with Crippen LogP contribution in [0.25, 0.3) is 33.3 Å². The Kier molecular flexibility index (Phi) is 15.6. The van der Waals surface area contributed by atoms with Gasteiger partial charge in [-0.3, -0.25) is 34.0 Å². The first-order valence-electron chi connectivity index (χ1n) is 23.9. The molecule has 14 nitrogen and oxygen atoms in total. The zero-order valence-corrected chi connectivity index (χ0v) is 40.9. The number of hydrogen-bond acceptors (Lipinski definition) is 9. The number of hydrogen-bond donors (Lipinski definition) is 2. The minimum Gasteiger partial charge on any atom is -0.465 e. The molecule has 2 fully saturated rings. The van der Waals surface area contributed by atoms with Crippen molar-refractivity contribution in [3.8, 4) is 34.2 Å². The van der Waals surface area contributed by atoms with E-state index in [4.69, 9.17) is 14.5 Å². The Labute approximate surface area is 400 Å². The van der Waals surface area contributed by atoms with Gasteiger partial charge in [0.1, 0.15) is 12.1 Å². The maximum Gasteiger partial charge on any atom is 0.310 e. The predicted molar refractivity (Wildman–Crippen MR) is 262 cm³/mol. The van der Waals surface area contributed by atoms with E-state index in [2.05, 4.69) is 77.9 Å². The van der Waals surface area contributed by atoms with Crippen LogP contribution < -0.4 is 10.7 Å². The fourth-order valence-corrected chi connectivity index (χ4v) is 10.1. The number of esters is 1. The SMILES string of the molecule is C=CC(=O)N1CC[C@H](C(=O)N(C)C(C(=O)N[C@H]2Cc3cccc(c3)-c3ccc4c(c3)c(c(-c3cccnc3[C@H](C)OC)n4CC#CC)CC(C)(C)COC(=O)[C@@H]3CCCN(NC3)C2=O)C(C)C)C1. The number of ether oxygens (including phenoxy) is 2. The third-order valence-corrected chi connectivity index (χ3v) is 13.7. The summed E-state index contributed by atoms with van der Waals surface area (Å²) in [5.74, 6) is 3.52. The van der Waals surface area contributed by atoms with Crippen LogP contribution in [0.4, 0.5) is 0 Å². The number of methoxy groups -OCH3 is 1. The molecule has 3 aliphatic rings. The van der Waals surface area contributed by atoms with E-state index in [9.17, 15) is 24.0 Å².